The summed E-state index contributed by atoms with van der Waals surface area (Å²) in [5.74, 6) is 1.01. The van der Waals surface area contributed by atoms with Crippen molar-refractivity contribution >= 4 is 0 Å². The first kappa shape index (κ1) is 16.4. The minimum absolute atomic E-state index is 0.270. The fourth-order valence-corrected chi connectivity index (χ4v) is 2.54. The highest BCUT2D eigenvalue weighted by Gasteiger charge is 2.05. The largest absolute Gasteiger partial charge is 0.507 e. The summed E-state index contributed by atoms with van der Waals surface area (Å²) < 4.78 is 5.72. The monoisotopic (exact) mass is 298 g/mol. The molecule has 0 fully saturated rings. The summed E-state index contributed by atoms with van der Waals surface area (Å²) in [6, 6.07) is 15.4. The number of hydrogen-bond donors (Lipinski definition) is 1. The van der Waals surface area contributed by atoms with E-state index in [1.807, 2.05) is 42.5 Å². The van der Waals surface area contributed by atoms with Crippen molar-refractivity contribution in [2.75, 3.05) is 6.61 Å². The van der Waals surface area contributed by atoms with Crippen LogP contribution in [0.3, 0.4) is 0 Å². The quantitative estimate of drug-likeness (QED) is 0.593. The van der Waals surface area contributed by atoms with Crippen LogP contribution in [0.25, 0.3) is 11.1 Å². The number of aromatic hydroxyl groups is 1. The first-order valence-corrected chi connectivity index (χ1v) is 8.32. The molecule has 118 valence electrons. The van der Waals surface area contributed by atoms with Crippen molar-refractivity contribution in [3.8, 4) is 22.6 Å². The van der Waals surface area contributed by atoms with Crippen molar-refractivity contribution < 1.29 is 9.84 Å². The molecule has 2 heteroatoms. The molecule has 0 bridgehead atoms. The Morgan fingerprint density at radius 1 is 0.864 bits per heavy atom. The van der Waals surface area contributed by atoms with Gasteiger partial charge in [-0.1, -0.05) is 69.4 Å². The van der Waals surface area contributed by atoms with Gasteiger partial charge in [-0.3, -0.25) is 0 Å². The van der Waals surface area contributed by atoms with Gasteiger partial charge < -0.3 is 9.84 Å². The van der Waals surface area contributed by atoms with Gasteiger partial charge >= 0.3 is 0 Å². The number of unbranched alkanes of at least 4 members (excludes halogenated alkanes) is 5. The minimum atomic E-state index is 0.270. The molecule has 2 rings (SSSR count). The zero-order valence-corrected chi connectivity index (χ0v) is 13.4. The van der Waals surface area contributed by atoms with E-state index in [9.17, 15) is 5.11 Å². The first-order valence-electron chi connectivity index (χ1n) is 8.32. The average molecular weight is 298 g/mol. The molecule has 0 saturated heterocycles. The Labute approximate surface area is 133 Å². The van der Waals surface area contributed by atoms with E-state index in [0.29, 0.717) is 0 Å². The Balaban J connectivity index is 1.80. The topological polar surface area (TPSA) is 29.5 Å². The highest BCUT2D eigenvalue weighted by molar-refractivity contribution is 5.70. The van der Waals surface area contributed by atoms with Crippen molar-refractivity contribution in [2.45, 2.75) is 45.4 Å². The van der Waals surface area contributed by atoms with Crippen LogP contribution in [-0.4, -0.2) is 11.7 Å². The first-order chi connectivity index (χ1) is 10.8. The Morgan fingerprint density at radius 3 is 2.32 bits per heavy atom. The summed E-state index contributed by atoms with van der Waals surface area (Å²) in [6.07, 6.45) is 7.51. The highest BCUT2D eigenvalue weighted by atomic mass is 16.5. The standard InChI is InChI=1S/C20H26O2/c1-2-3-4-5-6-10-15-22-18-13-14-19(20(21)16-18)17-11-8-7-9-12-17/h7-9,11-14,16,21H,2-6,10,15H2,1H3. The Morgan fingerprint density at radius 2 is 1.59 bits per heavy atom. The van der Waals surface area contributed by atoms with E-state index in [1.165, 1.54) is 32.1 Å². The number of phenolic OH excluding ortho intramolecular Hbond substituents is 1. The second-order valence-electron chi connectivity index (χ2n) is 5.66. The van der Waals surface area contributed by atoms with Crippen LogP contribution < -0.4 is 4.74 Å². The number of benzene rings is 2. The van der Waals surface area contributed by atoms with Gasteiger partial charge in [0.2, 0.25) is 0 Å². The van der Waals surface area contributed by atoms with E-state index >= 15 is 0 Å². The lowest BCUT2D eigenvalue weighted by Gasteiger charge is -2.09. The summed E-state index contributed by atoms with van der Waals surface area (Å²) in [5.41, 5.74) is 1.86. The van der Waals surface area contributed by atoms with Gasteiger partial charge in [0.15, 0.2) is 0 Å². The van der Waals surface area contributed by atoms with Gasteiger partial charge in [-0.05, 0) is 24.1 Å². The van der Waals surface area contributed by atoms with E-state index in [4.69, 9.17) is 4.74 Å². The fraction of sp³-hybridized carbons (Fsp3) is 0.400. The Hall–Kier alpha value is -1.96. The summed E-state index contributed by atoms with van der Waals surface area (Å²) in [7, 11) is 0. The summed E-state index contributed by atoms with van der Waals surface area (Å²) in [5, 5.41) is 10.2. The lowest BCUT2D eigenvalue weighted by Crippen LogP contribution is -1.97. The van der Waals surface area contributed by atoms with Crippen LogP contribution in [0.4, 0.5) is 0 Å². The molecule has 2 nitrogen and oxygen atoms in total. The predicted molar refractivity (Wildman–Crippen MR) is 92.4 cm³/mol. The molecule has 0 atom stereocenters. The van der Waals surface area contributed by atoms with Crippen LogP contribution in [0, 0.1) is 0 Å². The lowest BCUT2D eigenvalue weighted by atomic mass is 10.0. The SMILES string of the molecule is CCCCCCCCOc1ccc(-c2ccccc2)c(O)c1. The minimum Gasteiger partial charge on any atom is -0.507 e. The van der Waals surface area contributed by atoms with Crippen LogP contribution in [0.2, 0.25) is 0 Å². The van der Waals surface area contributed by atoms with Gasteiger partial charge in [0.25, 0.3) is 0 Å². The van der Waals surface area contributed by atoms with Crippen molar-refractivity contribution in [3.63, 3.8) is 0 Å². The Bertz CT molecular complexity index is 549. The van der Waals surface area contributed by atoms with Gasteiger partial charge in [0.05, 0.1) is 6.61 Å². The van der Waals surface area contributed by atoms with E-state index in [1.54, 1.807) is 6.07 Å². The van der Waals surface area contributed by atoms with E-state index < -0.39 is 0 Å². The van der Waals surface area contributed by atoms with E-state index in [2.05, 4.69) is 6.92 Å². The fourth-order valence-electron chi connectivity index (χ4n) is 2.54. The predicted octanol–water partition coefficient (Wildman–Crippen LogP) is 5.80. The molecular formula is C20H26O2. The normalized spacial score (nSPS) is 10.6. The van der Waals surface area contributed by atoms with Gasteiger partial charge in [-0.15, -0.1) is 0 Å². The molecule has 0 radical (unpaired) electrons. The van der Waals surface area contributed by atoms with Crippen LogP contribution in [0.5, 0.6) is 11.5 Å². The van der Waals surface area contributed by atoms with Crippen LogP contribution in [0.15, 0.2) is 48.5 Å². The van der Waals surface area contributed by atoms with Crippen molar-refractivity contribution in [1.82, 2.24) is 0 Å². The number of ether oxygens (including phenoxy) is 1. The zero-order valence-electron chi connectivity index (χ0n) is 13.4. The van der Waals surface area contributed by atoms with Crippen LogP contribution in [-0.2, 0) is 0 Å². The third-order valence-electron chi connectivity index (χ3n) is 3.82. The zero-order chi connectivity index (χ0) is 15.6. The van der Waals surface area contributed by atoms with Gasteiger partial charge in [-0.25, -0.2) is 0 Å². The average Bonchev–Trinajstić information content (AvgIpc) is 2.55. The second-order valence-corrected chi connectivity index (χ2v) is 5.66. The van der Waals surface area contributed by atoms with E-state index in [-0.39, 0.29) is 5.75 Å². The smallest absolute Gasteiger partial charge is 0.127 e. The Kier molecular flexibility index (Phi) is 6.82. The molecule has 0 unspecified atom stereocenters. The molecule has 0 aliphatic heterocycles. The molecule has 0 amide bonds. The van der Waals surface area contributed by atoms with Gasteiger partial charge in [0, 0.05) is 11.6 Å². The summed E-state index contributed by atoms with van der Waals surface area (Å²) >= 11 is 0. The maximum Gasteiger partial charge on any atom is 0.127 e. The molecule has 0 spiro atoms. The summed E-state index contributed by atoms with van der Waals surface area (Å²) in [6.45, 7) is 2.95. The molecule has 2 aromatic carbocycles. The second kappa shape index (κ2) is 9.14. The third-order valence-corrected chi connectivity index (χ3v) is 3.82. The molecule has 0 heterocycles. The highest BCUT2D eigenvalue weighted by Crippen LogP contribution is 2.32. The number of rotatable bonds is 9. The maximum absolute atomic E-state index is 10.2. The third kappa shape index (κ3) is 5.10. The lowest BCUT2D eigenvalue weighted by molar-refractivity contribution is 0.303. The molecule has 0 aromatic heterocycles. The van der Waals surface area contributed by atoms with Crippen LogP contribution in [0.1, 0.15) is 45.4 Å². The molecule has 0 aliphatic rings. The van der Waals surface area contributed by atoms with E-state index in [0.717, 1.165) is 29.9 Å². The number of phenols is 1. The van der Waals surface area contributed by atoms with Crippen molar-refractivity contribution in [1.29, 1.82) is 0 Å². The summed E-state index contributed by atoms with van der Waals surface area (Å²) in [4.78, 5) is 0. The molecular weight excluding hydrogens is 272 g/mol. The molecule has 0 saturated carbocycles. The van der Waals surface area contributed by atoms with Crippen molar-refractivity contribution in [3.05, 3.63) is 48.5 Å². The molecule has 0 aliphatic carbocycles. The van der Waals surface area contributed by atoms with Crippen molar-refractivity contribution in [2.24, 2.45) is 0 Å². The van der Waals surface area contributed by atoms with Gasteiger partial charge in [0.1, 0.15) is 11.5 Å². The van der Waals surface area contributed by atoms with Crippen LogP contribution >= 0.6 is 0 Å². The molecule has 22 heavy (non-hydrogen) atoms. The molecule has 1 N–H and O–H groups in total. The van der Waals surface area contributed by atoms with Gasteiger partial charge in [-0.2, -0.15) is 0 Å². The molecule has 2 aromatic rings. The number of hydrogen-bond acceptors (Lipinski definition) is 2. The maximum atomic E-state index is 10.2.